The standard InChI is InChI=1S/C21H25N3O4.C10H19NO3/c1-21(2,3)28-20(25)24-17-6-4-5-7-18(17)27-14-15-16(8-9-22-19(15)24)23-10-12-26-13-11-23;1-10(2,3)14-9(13)11-6-4-5-8(12)7-11/h4-9H,10-14H2,1-3H3;8,12H,4-7H2,1-3H3. The first-order chi connectivity index (χ1) is 19.8. The minimum atomic E-state index is -0.624. The zero-order valence-electron chi connectivity index (χ0n) is 25.6. The summed E-state index contributed by atoms with van der Waals surface area (Å²) in [5, 5.41) is 9.38. The molecule has 1 aromatic heterocycles. The summed E-state index contributed by atoms with van der Waals surface area (Å²) in [4.78, 5) is 34.6. The zero-order chi connectivity index (χ0) is 30.5. The molecule has 4 heterocycles. The Morgan fingerprint density at radius 2 is 1.60 bits per heavy atom. The first-order valence-corrected chi connectivity index (χ1v) is 14.5. The van der Waals surface area contributed by atoms with Crippen LogP contribution in [-0.2, 0) is 20.8 Å². The number of aliphatic hydroxyl groups excluding tert-OH is 1. The van der Waals surface area contributed by atoms with Crippen LogP contribution < -0.4 is 14.5 Å². The normalized spacial score (nSPS) is 18.8. The van der Waals surface area contributed by atoms with Crippen LogP contribution in [0, 0.1) is 0 Å². The largest absolute Gasteiger partial charge is 0.486 e. The van der Waals surface area contributed by atoms with Gasteiger partial charge < -0.3 is 33.9 Å². The summed E-state index contributed by atoms with van der Waals surface area (Å²) in [7, 11) is 0. The summed E-state index contributed by atoms with van der Waals surface area (Å²) in [5.74, 6) is 1.17. The Hall–Kier alpha value is -3.57. The van der Waals surface area contributed by atoms with Crippen molar-refractivity contribution < 1.29 is 33.6 Å². The van der Waals surface area contributed by atoms with Crippen LogP contribution in [0.15, 0.2) is 36.5 Å². The van der Waals surface area contributed by atoms with E-state index < -0.39 is 23.4 Å². The Labute approximate surface area is 248 Å². The molecule has 1 N–H and O–H groups in total. The second kappa shape index (κ2) is 13.2. The van der Waals surface area contributed by atoms with Crippen LogP contribution in [0.1, 0.15) is 59.9 Å². The SMILES string of the molecule is CC(C)(C)OC(=O)N1CCCC(O)C1.CC(C)(C)OC(=O)N1c2ccccc2OCc2c(N3CCOCC3)ccnc21. The smallest absolute Gasteiger partial charge is 0.420 e. The van der Waals surface area contributed by atoms with E-state index in [9.17, 15) is 14.7 Å². The van der Waals surface area contributed by atoms with Gasteiger partial charge in [0.15, 0.2) is 5.82 Å². The Kier molecular flexibility index (Phi) is 9.83. The lowest BCUT2D eigenvalue weighted by atomic mass is 10.1. The maximum atomic E-state index is 13.2. The maximum absolute atomic E-state index is 13.2. The molecule has 3 aliphatic rings. The number of amides is 2. The Morgan fingerprint density at radius 3 is 2.26 bits per heavy atom. The van der Waals surface area contributed by atoms with Crippen molar-refractivity contribution in [1.29, 1.82) is 0 Å². The number of morpholine rings is 1. The summed E-state index contributed by atoms with van der Waals surface area (Å²) in [6.45, 7) is 15.4. The van der Waals surface area contributed by atoms with Gasteiger partial charge in [0.1, 0.15) is 23.6 Å². The number of para-hydroxylation sites is 2. The van der Waals surface area contributed by atoms with Crippen molar-refractivity contribution in [2.45, 2.75) is 78.3 Å². The Bertz CT molecular complexity index is 1230. The molecule has 1 unspecified atom stereocenters. The molecule has 0 aliphatic carbocycles. The van der Waals surface area contributed by atoms with E-state index in [0.29, 0.717) is 50.2 Å². The van der Waals surface area contributed by atoms with Crippen molar-refractivity contribution in [3.63, 3.8) is 0 Å². The van der Waals surface area contributed by atoms with E-state index in [-0.39, 0.29) is 6.09 Å². The predicted octanol–water partition coefficient (Wildman–Crippen LogP) is 5.26. The number of rotatable bonds is 1. The van der Waals surface area contributed by atoms with E-state index in [1.165, 1.54) is 4.90 Å². The van der Waals surface area contributed by atoms with Gasteiger partial charge in [-0.25, -0.2) is 19.5 Å². The summed E-state index contributed by atoms with van der Waals surface area (Å²) in [6.07, 6.45) is 2.17. The van der Waals surface area contributed by atoms with Gasteiger partial charge in [0.25, 0.3) is 0 Å². The number of aliphatic hydroxyl groups is 1. The number of piperidine rings is 1. The van der Waals surface area contributed by atoms with Gasteiger partial charge in [0, 0.05) is 38.1 Å². The number of nitrogens with zero attached hydrogens (tertiary/aromatic N) is 4. The molecule has 2 amide bonds. The van der Waals surface area contributed by atoms with Gasteiger partial charge in [-0.05, 0) is 72.6 Å². The van der Waals surface area contributed by atoms with E-state index >= 15 is 0 Å². The molecule has 11 nitrogen and oxygen atoms in total. The number of carbonyl (C=O) groups is 2. The molecule has 3 aliphatic heterocycles. The number of likely N-dealkylation sites (tertiary alicyclic amines) is 1. The van der Waals surface area contributed by atoms with Gasteiger partial charge in [0.05, 0.1) is 30.6 Å². The van der Waals surface area contributed by atoms with E-state index in [1.54, 1.807) is 11.1 Å². The molecule has 2 saturated heterocycles. The quantitative estimate of drug-likeness (QED) is 0.479. The fraction of sp³-hybridized carbons (Fsp3) is 0.581. The maximum Gasteiger partial charge on any atom is 0.420 e. The minimum Gasteiger partial charge on any atom is -0.486 e. The molecule has 5 rings (SSSR count). The molecule has 2 aromatic rings. The summed E-state index contributed by atoms with van der Waals surface area (Å²) in [6, 6.07) is 9.43. The van der Waals surface area contributed by atoms with Crippen molar-refractivity contribution in [3.05, 3.63) is 42.1 Å². The average Bonchev–Trinajstić information content (AvgIpc) is 3.09. The lowest BCUT2D eigenvalue weighted by molar-refractivity contribution is 0.00390. The molecule has 1 aromatic carbocycles. The molecule has 0 saturated carbocycles. The molecule has 1 atom stereocenters. The Balaban J connectivity index is 0.000000244. The van der Waals surface area contributed by atoms with E-state index in [1.807, 2.05) is 71.9 Å². The number of hydrogen-bond donors (Lipinski definition) is 1. The number of aromatic nitrogens is 1. The summed E-state index contributed by atoms with van der Waals surface area (Å²) < 4.78 is 22.4. The highest BCUT2D eigenvalue weighted by Gasteiger charge is 2.33. The van der Waals surface area contributed by atoms with Crippen molar-refractivity contribution in [2.75, 3.05) is 49.2 Å². The van der Waals surface area contributed by atoms with Gasteiger partial charge in [-0.2, -0.15) is 0 Å². The zero-order valence-corrected chi connectivity index (χ0v) is 25.6. The Morgan fingerprint density at radius 1 is 0.929 bits per heavy atom. The van der Waals surface area contributed by atoms with Crippen molar-refractivity contribution in [2.24, 2.45) is 0 Å². The summed E-state index contributed by atoms with van der Waals surface area (Å²) >= 11 is 0. The molecular weight excluding hydrogens is 540 g/mol. The number of pyridine rings is 1. The van der Waals surface area contributed by atoms with Crippen LogP contribution in [0.4, 0.5) is 26.8 Å². The number of carbonyl (C=O) groups excluding carboxylic acids is 2. The van der Waals surface area contributed by atoms with Gasteiger partial charge in [-0.3, -0.25) is 0 Å². The number of anilines is 3. The third-order valence-electron chi connectivity index (χ3n) is 6.67. The summed E-state index contributed by atoms with van der Waals surface area (Å²) in [5.41, 5.74) is 1.42. The first-order valence-electron chi connectivity index (χ1n) is 14.5. The fourth-order valence-corrected chi connectivity index (χ4v) is 4.87. The van der Waals surface area contributed by atoms with Gasteiger partial charge in [-0.1, -0.05) is 12.1 Å². The minimum absolute atomic E-state index is 0.323. The monoisotopic (exact) mass is 584 g/mol. The number of hydrogen-bond acceptors (Lipinski definition) is 9. The first kappa shape index (κ1) is 31.4. The van der Waals surface area contributed by atoms with Gasteiger partial charge >= 0.3 is 12.2 Å². The van der Waals surface area contributed by atoms with Gasteiger partial charge in [0.2, 0.25) is 0 Å². The molecule has 0 bridgehead atoms. The average molecular weight is 585 g/mol. The molecule has 0 radical (unpaired) electrons. The highest BCUT2D eigenvalue weighted by Crippen LogP contribution is 2.42. The molecular formula is C31H44N4O7. The number of fused-ring (bicyclic) bond motifs is 2. The highest BCUT2D eigenvalue weighted by atomic mass is 16.6. The van der Waals surface area contributed by atoms with Crippen molar-refractivity contribution >= 4 is 29.4 Å². The second-order valence-corrected chi connectivity index (χ2v) is 12.5. The molecule has 42 heavy (non-hydrogen) atoms. The molecule has 2 fully saturated rings. The van der Waals surface area contributed by atoms with Crippen LogP contribution in [0.3, 0.4) is 0 Å². The fourth-order valence-electron chi connectivity index (χ4n) is 4.87. The highest BCUT2D eigenvalue weighted by molar-refractivity contribution is 5.98. The van der Waals surface area contributed by atoms with Crippen LogP contribution >= 0.6 is 0 Å². The number of ether oxygens (including phenoxy) is 4. The predicted molar refractivity (Wildman–Crippen MR) is 159 cm³/mol. The van der Waals surface area contributed by atoms with E-state index in [0.717, 1.165) is 37.2 Å². The van der Waals surface area contributed by atoms with Gasteiger partial charge in [-0.15, -0.1) is 0 Å². The number of benzene rings is 1. The lowest BCUT2D eigenvalue weighted by Crippen LogP contribution is -2.44. The van der Waals surface area contributed by atoms with E-state index in [2.05, 4.69) is 9.88 Å². The number of β-amino-alcohol motifs (C(OH)–C–C–N with tert-alkyl or cyclic N) is 1. The third kappa shape index (κ3) is 8.25. The van der Waals surface area contributed by atoms with Crippen LogP contribution in [0.2, 0.25) is 0 Å². The third-order valence-corrected chi connectivity index (χ3v) is 6.67. The molecule has 0 spiro atoms. The van der Waals surface area contributed by atoms with Crippen molar-refractivity contribution in [3.8, 4) is 5.75 Å². The van der Waals surface area contributed by atoms with E-state index in [4.69, 9.17) is 18.9 Å². The van der Waals surface area contributed by atoms with Crippen LogP contribution in [0.5, 0.6) is 5.75 Å². The van der Waals surface area contributed by atoms with Crippen molar-refractivity contribution in [1.82, 2.24) is 9.88 Å². The topological polar surface area (TPSA) is 114 Å². The van der Waals surface area contributed by atoms with Crippen LogP contribution in [-0.4, -0.2) is 83.9 Å². The molecule has 230 valence electrons. The second-order valence-electron chi connectivity index (χ2n) is 12.5. The molecule has 11 heteroatoms. The lowest BCUT2D eigenvalue weighted by Gasteiger charge is -2.32. The van der Waals surface area contributed by atoms with Crippen LogP contribution in [0.25, 0.3) is 0 Å².